The van der Waals surface area contributed by atoms with Crippen molar-refractivity contribution in [2.45, 2.75) is 37.9 Å². The van der Waals surface area contributed by atoms with E-state index in [1.807, 2.05) is 16.9 Å². The van der Waals surface area contributed by atoms with Crippen molar-refractivity contribution in [1.29, 1.82) is 0 Å². The SMILES string of the molecule is O=C(OCC1CCC(n2cccn2)CC1)C(F)(F)F. The lowest BCUT2D eigenvalue weighted by molar-refractivity contribution is -0.201. The molecule has 0 atom stereocenters. The fourth-order valence-corrected chi connectivity index (χ4v) is 2.35. The molecule has 1 fully saturated rings. The van der Waals surface area contributed by atoms with E-state index in [0.29, 0.717) is 6.04 Å². The number of halogens is 3. The molecule has 1 saturated carbocycles. The lowest BCUT2D eigenvalue weighted by atomic mass is 9.86. The smallest absolute Gasteiger partial charge is 0.459 e. The van der Waals surface area contributed by atoms with Gasteiger partial charge in [0.05, 0.1) is 12.6 Å². The molecule has 1 aliphatic rings. The summed E-state index contributed by atoms with van der Waals surface area (Å²) in [6.07, 6.45) is 1.87. The fourth-order valence-electron chi connectivity index (χ4n) is 2.35. The quantitative estimate of drug-likeness (QED) is 0.797. The Morgan fingerprint density at radius 1 is 1.32 bits per heavy atom. The second kappa shape index (κ2) is 5.63. The van der Waals surface area contributed by atoms with Crippen molar-refractivity contribution >= 4 is 5.97 Å². The minimum Gasteiger partial charge on any atom is -0.459 e. The van der Waals surface area contributed by atoms with E-state index >= 15 is 0 Å². The summed E-state index contributed by atoms with van der Waals surface area (Å²) in [6.45, 7) is -0.149. The zero-order chi connectivity index (χ0) is 13.9. The number of esters is 1. The second-order valence-electron chi connectivity index (χ2n) is 4.76. The van der Waals surface area contributed by atoms with Crippen LogP contribution in [0.2, 0.25) is 0 Å². The van der Waals surface area contributed by atoms with E-state index in [0.717, 1.165) is 25.7 Å². The first-order chi connectivity index (χ1) is 8.97. The molecule has 0 radical (unpaired) electrons. The molecule has 1 aliphatic carbocycles. The first kappa shape index (κ1) is 13.9. The molecule has 0 N–H and O–H groups in total. The zero-order valence-electron chi connectivity index (χ0n) is 10.3. The summed E-state index contributed by atoms with van der Waals surface area (Å²) in [5.74, 6) is -2.08. The van der Waals surface area contributed by atoms with Gasteiger partial charge in [-0.1, -0.05) is 0 Å². The highest BCUT2D eigenvalue weighted by molar-refractivity contribution is 5.75. The topological polar surface area (TPSA) is 44.1 Å². The molecule has 7 heteroatoms. The van der Waals surface area contributed by atoms with Crippen molar-refractivity contribution in [3.8, 4) is 0 Å². The third kappa shape index (κ3) is 3.71. The molecule has 1 heterocycles. The van der Waals surface area contributed by atoms with Crippen molar-refractivity contribution in [2.75, 3.05) is 6.61 Å². The van der Waals surface area contributed by atoms with Gasteiger partial charge in [-0.3, -0.25) is 4.68 Å². The van der Waals surface area contributed by atoms with Gasteiger partial charge in [-0.05, 0) is 37.7 Å². The van der Waals surface area contributed by atoms with Gasteiger partial charge in [0.15, 0.2) is 0 Å². The van der Waals surface area contributed by atoms with Gasteiger partial charge >= 0.3 is 12.1 Å². The van der Waals surface area contributed by atoms with Crippen LogP contribution in [0.25, 0.3) is 0 Å². The average molecular weight is 276 g/mol. The number of carbonyl (C=O) groups excluding carboxylic acids is 1. The Morgan fingerprint density at radius 2 is 2.00 bits per heavy atom. The standard InChI is InChI=1S/C12H15F3N2O2/c13-12(14,15)11(18)19-8-9-2-4-10(5-3-9)17-7-1-6-16-17/h1,6-7,9-10H,2-5,8H2. The van der Waals surface area contributed by atoms with Gasteiger partial charge < -0.3 is 4.74 Å². The molecule has 1 aromatic heterocycles. The van der Waals surface area contributed by atoms with Gasteiger partial charge in [0, 0.05) is 12.4 Å². The molecule has 0 saturated heterocycles. The number of hydrogen-bond donors (Lipinski definition) is 0. The number of aromatic nitrogens is 2. The first-order valence-electron chi connectivity index (χ1n) is 6.20. The van der Waals surface area contributed by atoms with Gasteiger partial charge in [0.1, 0.15) is 0 Å². The number of carbonyl (C=O) groups is 1. The third-order valence-electron chi connectivity index (χ3n) is 3.40. The number of ether oxygens (including phenoxy) is 1. The molecule has 0 bridgehead atoms. The predicted molar refractivity (Wildman–Crippen MR) is 60.2 cm³/mol. The molecule has 0 aromatic carbocycles. The molecule has 0 spiro atoms. The Kier molecular flexibility index (Phi) is 4.11. The van der Waals surface area contributed by atoms with Crippen molar-refractivity contribution < 1.29 is 22.7 Å². The van der Waals surface area contributed by atoms with E-state index in [2.05, 4.69) is 9.84 Å². The molecule has 4 nitrogen and oxygen atoms in total. The monoisotopic (exact) mass is 276 g/mol. The van der Waals surface area contributed by atoms with Crippen molar-refractivity contribution in [3.05, 3.63) is 18.5 Å². The van der Waals surface area contributed by atoms with Crippen molar-refractivity contribution in [1.82, 2.24) is 9.78 Å². The summed E-state index contributed by atoms with van der Waals surface area (Å²) >= 11 is 0. The van der Waals surface area contributed by atoms with Gasteiger partial charge in [-0.2, -0.15) is 18.3 Å². The molecule has 0 amide bonds. The minimum absolute atomic E-state index is 0.0121. The predicted octanol–water partition coefficient (Wildman–Crippen LogP) is 2.72. The van der Waals surface area contributed by atoms with Crippen LogP contribution >= 0.6 is 0 Å². The van der Waals surface area contributed by atoms with Crippen LogP contribution in [0.5, 0.6) is 0 Å². The normalized spacial score (nSPS) is 24.2. The van der Waals surface area contributed by atoms with Crippen LogP contribution < -0.4 is 0 Å². The lowest BCUT2D eigenvalue weighted by Crippen LogP contribution is -2.29. The maximum atomic E-state index is 12.0. The van der Waals surface area contributed by atoms with Crippen LogP contribution in [0.1, 0.15) is 31.7 Å². The lowest BCUT2D eigenvalue weighted by Gasteiger charge is -2.28. The minimum atomic E-state index is -4.90. The summed E-state index contributed by atoms with van der Waals surface area (Å²) < 4.78 is 42.1. The number of rotatable bonds is 3. The van der Waals surface area contributed by atoms with Crippen LogP contribution in [0.15, 0.2) is 18.5 Å². The summed E-state index contributed by atoms with van der Waals surface area (Å²) in [4.78, 5) is 10.6. The maximum Gasteiger partial charge on any atom is 0.490 e. The van der Waals surface area contributed by atoms with E-state index < -0.39 is 12.1 Å². The number of nitrogens with zero attached hydrogens (tertiary/aromatic N) is 2. The Hall–Kier alpha value is -1.53. The summed E-state index contributed by atoms with van der Waals surface area (Å²) in [6, 6.07) is 2.14. The third-order valence-corrected chi connectivity index (χ3v) is 3.40. The van der Waals surface area contributed by atoms with E-state index in [1.54, 1.807) is 6.20 Å². The highest BCUT2D eigenvalue weighted by Crippen LogP contribution is 2.32. The summed E-state index contributed by atoms with van der Waals surface area (Å²) in [5, 5.41) is 4.15. The van der Waals surface area contributed by atoms with Crippen LogP contribution in [-0.4, -0.2) is 28.5 Å². The highest BCUT2D eigenvalue weighted by Gasteiger charge is 2.41. The van der Waals surface area contributed by atoms with Gasteiger partial charge in [-0.15, -0.1) is 0 Å². The average Bonchev–Trinajstić information content (AvgIpc) is 2.89. The van der Waals surface area contributed by atoms with Gasteiger partial charge in [0.25, 0.3) is 0 Å². The van der Waals surface area contributed by atoms with E-state index in [9.17, 15) is 18.0 Å². The number of alkyl halides is 3. The molecule has 19 heavy (non-hydrogen) atoms. The molecule has 1 aromatic rings. The Balaban J connectivity index is 1.74. The Bertz CT molecular complexity index is 409. The van der Waals surface area contributed by atoms with Crippen molar-refractivity contribution in [3.63, 3.8) is 0 Å². The van der Waals surface area contributed by atoms with Crippen LogP contribution in [0, 0.1) is 5.92 Å². The summed E-state index contributed by atoms with van der Waals surface area (Å²) in [7, 11) is 0. The summed E-state index contributed by atoms with van der Waals surface area (Å²) in [5.41, 5.74) is 0. The van der Waals surface area contributed by atoms with Gasteiger partial charge in [-0.25, -0.2) is 4.79 Å². The fraction of sp³-hybridized carbons (Fsp3) is 0.667. The Morgan fingerprint density at radius 3 is 2.53 bits per heavy atom. The molecule has 0 aliphatic heterocycles. The molecular formula is C12H15F3N2O2. The molecule has 106 valence electrons. The molecular weight excluding hydrogens is 261 g/mol. The molecule has 0 unspecified atom stereocenters. The van der Waals surface area contributed by atoms with Crippen LogP contribution in [0.4, 0.5) is 13.2 Å². The number of hydrogen-bond acceptors (Lipinski definition) is 3. The highest BCUT2D eigenvalue weighted by atomic mass is 19.4. The Labute approximate surface area is 108 Å². The van der Waals surface area contributed by atoms with E-state index in [4.69, 9.17) is 0 Å². The largest absolute Gasteiger partial charge is 0.490 e. The maximum absolute atomic E-state index is 12.0. The van der Waals surface area contributed by atoms with E-state index in [1.165, 1.54) is 0 Å². The van der Waals surface area contributed by atoms with Crippen molar-refractivity contribution in [2.24, 2.45) is 5.92 Å². The zero-order valence-corrected chi connectivity index (χ0v) is 10.3. The molecule has 2 rings (SSSR count). The van der Waals surface area contributed by atoms with Crippen LogP contribution in [-0.2, 0) is 9.53 Å². The second-order valence-corrected chi connectivity index (χ2v) is 4.76. The van der Waals surface area contributed by atoms with E-state index in [-0.39, 0.29) is 12.5 Å². The first-order valence-corrected chi connectivity index (χ1v) is 6.20. The van der Waals surface area contributed by atoms with Crippen LogP contribution in [0.3, 0.4) is 0 Å². The van der Waals surface area contributed by atoms with Gasteiger partial charge in [0.2, 0.25) is 0 Å².